The molecule has 0 aliphatic rings. The Hall–Kier alpha value is -0.290. The molecule has 0 radical (unpaired) electrons. The van der Waals surface area contributed by atoms with E-state index in [0.717, 1.165) is 0 Å². The molecular formula is C10H19F3O2. The van der Waals surface area contributed by atoms with Crippen molar-refractivity contribution in [3.8, 4) is 0 Å². The van der Waals surface area contributed by atoms with E-state index in [4.69, 9.17) is 0 Å². The van der Waals surface area contributed by atoms with E-state index >= 15 is 0 Å². The van der Waals surface area contributed by atoms with Gasteiger partial charge in [0.2, 0.25) is 0 Å². The number of halogens is 3. The lowest BCUT2D eigenvalue weighted by atomic mass is 9.82. The Bertz CT molecular complexity index is 192. The van der Waals surface area contributed by atoms with Gasteiger partial charge in [-0.15, -0.1) is 0 Å². The minimum atomic E-state index is -4.29. The molecule has 0 saturated heterocycles. The zero-order valence-corrected chi connectivity index (χ0v) is 9.61. The van der Waals surface area contributed by atoms with E-state index in [1.165, 1.54) is 0 Å². The first-order valence-electron chi connectivity index (χ1n) is 4.78. The van der Waals surface area contributed by atoms with Crippen LogP contribution in [-0.2, 0) is 4.74 Å². The van der Waals surface area contributed by atoms with Gasteiger partial charge in [0, 0.05) is 0 Å². The summed E-state index contributed by atoms with van der Waals surface area (Å²) >= 11 is 0. The second kappa shape index (κ2) is 4.70. The van der Waals surface area contributed by atoms with Crippen molar-refractivity contribution in [1.29, 1.82) is 0 Å². The third-order valence-corrected chi connectivity index (χ3v) is 1.67. The lowest BCUT2D eigenvalue weighted by Gasteiger charge is -2.31. The molecule has 0 aliphatic carbocycles. The van der Waals surface area contributed by atoms with Crippen LogP contribution in [0.1, 0.15) is 34.1 Å². The predicted molar refractivity (Wildman–Crippen MR) is 51.6 cm³/mol. The maximum absolute atomic E-state index is 11.8. The predicted octanol–water partition coefficient (Wildman–Crippen LogP) is 2.75. The summed E-state index contributed by atoms with van der Waals surface area (Å²) in [6.45, 7) is 5.53. The maximum atomic E-state index is 11.8. The number of aliphatic hydroxyl groups is 1. The van der Waals surface area contributed by atoms with Crippen molar-refractivity contribution >= 4 is 0 Å². The van der Waals surface area contributed by atoms with Gasteiger partial charge in [0.05, 0.1) is 12.2 Å². The molecule has 0 saturated carbocycles. The molecule has 1 N–H and O–H groups in total. The number of rotatable bonds is 5. The summed E-state index contributed by atoms with van der Waals surface area (Å²) < 4.78 is 40.0. The van der Waals surface area contributed by atoms with Crippen molar-refractivity contribution in [2.75, 3.05) is 13.2 Å². The fourth-order valence-electron chi connectivity index (χ4n) is 1.67. The number of alkyl halides is 3. The Labute approximate surface area is 88.4 Å². The average molecular weight is 228 g/mol. The molecule has 0 spiro atoms. The van der Waals surface area contributed by atoms with Crippen LogP contribution >= 0.6 is 0 Å². The topological polar surface area (TPSA) is 29.5 Å². The number of hydrogen-bond acceptors (Lipinski definition) is 2. The van der Waals surface area contributed by atoms with Crippen LogP contribution in [0.25, 0.3) is 0 Å². The van der Waals surface area contributed by atoms with E-state index in [2.05, 4.69) is 4.74 Å². The van der Waals surface area contributed by atoms with Crippen LogP contribution in [0.4, 0.5) is 13.2 Å². The minimum absolute atomic E-state index is 0.0174. The van der Waals surface area contributed by atoms with Gasteiger partial charge in [-0.3, -0.25) is 0 Å². The highest BCUT2D eigenvalue weighted by Crippen LogP contribution is 2.28. The van der Waals surface area contributed by atoms with Gasteiger partial charge in [-0.25, -0.2) is 0 Å². The van der Waals surface area contributed by atoms with Gasteiger partial charge in [-0.2, -0.15) is 13.2 Å². The first-order valence-corrected chi connectivity index (χ1v) is 4.78. The van der Waals surface area contributed by atoms with Gasteiger partial charge in [-0.05, 0) is 25.7 Å². The fraction of sp³-hybridized carbons (Fsp3) is 1.00. The first-order chi connectivity index (χ1) is 6.41. The average Bonchev–Trinajstić information content (AvgIpc) is 1.75. The van der Waals surface area contributed by atoms with Crippen molar-refractivity contribution in [2.45, 2.75) is 45.9 Å². The van der Waals surface area contributed by atoms with Gasteiger partial charge >= 0.3 is 6.18 Å². The van der Waals surface area contributed by atoms with Crippen LogP contribution < -0.4 is 0 Å². The zero-order chi connectivity index (χ0) is 12.3. The Morgan fingerprint density at radius 3 is 1.80 bits per heavy atom. The molecule has 92 valence electrons. The third kappa shape index (κ3) is 10.0. The highest BCUT2D eigenvalue weighted by atomic mass is 19.4. The van der Waals surface area contributed by atoms with Gasteiger partial charge in [-0.1, -0.05) is 13.8 Å². The fourth-order valence-corrected chi connectivity index (χ4v) is 1.67. The number of ether oxygens (including phenoxy) is 1. The highest BCUT2D eigenvalue weighted by molar-refractivity contribution is 4.78. The molecule has 0 aromatic rings. The molecule has 0 unspecified atom stereocenters. The van der Waals surface area contributed by atoms with E-state index in [0.29, 0.717) is 6.42 Å². The minimum Gasteiger partial charge on any atom is -0.390 e. The largest absolute Gasteiger partial charge is 0.411 e. The normalized spacial score (nSPS) is 14.4. The molecule has 0 rings (SSSR count). The molecule has 0 aromatic heterocycles. The Morgan fingerprint density at radius 2 is 1.47 bits per heavy atom. The number of hydrogen-bond donors (Lipinski definition) is 1. The molecule has 15 heavy (non-hydrogen) atoms. The van der Waals surface area contributed by atoms with E-state index in [9.17, 15) is 18.3 Å². The molecule has 0 heterocycles. The molecular weight excluding hydrogens is 209 g/mol. The monoisotopic (exact) mass is 228 g/mol. The molecule has 0 atom stereocenters. The maximum Gasteiger partial charge on any atom is 0.411 e. The van der Waals surface area contributed by atoms with E-state index in [1.54, 1.807) is 27.7 Å². The SMILES string of the molecule is CC(C)(O)CC(C)(C)COCC(F)(F)F. The molecule has 0 fully saturated rings. The molecule has 2 nitrogen and oxygen atoms in total. The van der Waals surface area contributed by atoms with Crippen molar-refractivity contribution in [3.63, 3.8) is 0 Å². The molecule has 0 bridgehead atoms. The van der Waals surface area contributed by atoms with Gasteiger partial charge in [0.1, 0.15) is 6.61 Å². The highest BCUT2D eigenvalue weighted by Gasteiger charge is 2.31. The Balaban J connectivity index is 3.95. The lowest BCUT2D eigenvalue weighted by Crippen LogP contribution is -2.32. The van der Waals surface area contributed by atoms with Crippen LogP contribution in [0.2, 0.25) is 0 Å². The summed E-state index contributed by atoms with van der Waals surface area (Å²) in [6.07, 6.45) is -3.90. The summed E-state index contributed by atoms with van der Waals surface area (Å²) in [6, 6.07) is 0. The molecule has 0 aromatic carbocycles. The van der Waals surface area contributed by atoms with E-state index < -0.39 is 23.8 Å². The summed E-state index contributed by atoms with van der Waals surface area (Å²) in [4.78, 5) is 0. The van der Waals surface area contributed by atoms with Crippen LogP contribution in [-0.4, -0.2) is 30.1 Å². The third-order valence-electron chi connectivity index (χ3n) is 1.67. The van der Waals surface area contributed by atoms with Crippen LogP contribution in [0, 0.1) is 5.41 Å². The lowest BCUT2D eigenvalue weighted by molar-refractivity contribution is -0.181. The summed E-state index contributed by atoms with van der Waals surface area (Å²) in [5.41, 5.74) is -1.37. The molecule has 0 aliphatic heterocycles. The second-order valence-electron chi connectivity index (χ2n) is 5.26. The zero-order valence-electron chi connectivity index (χ0n) is 9.61. The van der Waals surface area contributed by atoms with E-state index in [-0.39, 0.29) is 6.61 Å². The van der Waals surface area contributed by atoms with Crippen molar-refractivity contribution in [1.82, 2.24) is 0 Å². The molecule has 0 amide bonds. The Morgan fingerprint density at radius 1 is 1.00 bits per heavy atom. The van der Waals surface area contributed by atoms with Crippen molar-refractivity contribution in [3.05, 3.63) is 0 Å². The Kier molecular flexibility index (Phi) is 4.61. The quantitative estimate of drug-likeness (QED) is 0.784. The van der Waals surface area contributed by atoms with Crippen LogP contribution in [0.15, 0.2) is 0 Å². The second-order valence-corrected chi connectivity index (χ2v) is 5.26. The van der Waals surface area contributed by atoms with Gasteiger partial charge < -0.3 is 9.84 Å². The van der Waals surface area contributed by atoms with Crippen LogP contribution in [0.3, 0.4) is 0 Å². The summed E-state index contributed by atoms with van der Waals surface area (Å²) in [7, 11) is 0. The van der Waals surface area contributed by atoms with Gasteiger partial charge in [0.25, 0.3) is 0 Å². The standard InChI is InChI=1S/C10H19F3O2/c1-8(2,5-9(3,4)14)6-15-7-10(11,12)13/h14H,5-7H2,1-4H3. The first kappa shape index (κ1) is 14.7. The van der Waals surface area contributed by atoms with Crippen molar-refractivity contribution in [2.24, 2.45) is 5.41 Å². The van der Waals surface area contributed by atoms with Crippen LogP contribution in [0.5, 0.6) is 0 Å². The van der Waals surface area contributed by atoms with Crippen molar-refractivity contribution < 1.29 is 23.0 Å². The smallest absolute Gasteiger partial charge is 0.390 e. The van der Waals surface area contributed by atoms with Gasteiger partial charge in [0.15, 0.2) is 0 Å². The van der Waals surface area contributed by atoms with E-state index in [1.807, 2.05) is 0 Å². The summed E-state index contributed by atoms with van der Waals surface area (Å²) in [5.74, 6) is 0. The summed E-state index contributed by atoms with van der Waals surface area (Å²) in [5, 5.41) is 9.53. The molecule has 5 heteroatoms.